The highest BCUT2D eigenvalue weighted by Crippen LogP contribution is 2.15. The van der Waals surface area contributed by atoms with Gasteiger partial charge in [-0.25, -0.2) is 0 Å². The maximum atomic E-state index is 10.4. The first-order valence-electron chi connectivity index (χ1n) is 7.50. The van der Waals surface area contributed by atoms with Crippen LogP contribution in [0.3, 0.4) is 0 Å². The molecule has 1 N–H and O–H groups in total. The van der Waals surface area contributed by atoms with E-state index in [0.717, 1.165) is 52.0 Å². The molecular formula is C16H25ClN2O2. The summed E-state index contributed by atoms with van der Waals surface area (Å²) in [5.41, 5.74) is 1.31. The van der Waals surface area contributed by atoms with E-state index in [1.165, 1.54) is 5.69 Å². The zero-order valence-corrected chi connectivity index (χ0v) is 13.2. The third-order valence-electron chi connectivity index (χ3n) is 3.86. The van der Waals surface area contributed by atoms with Gasteiger partial charge in [-0.3, -0.25) is 9.69 Å². The lowest BCUT2D eigenvalue weighted by Crippen LogP contribution is -2.46. The Labute approximate surface area is 133 Å². The van der Waals surface area contributed by atoms with Gasteiger partial charge in [-0.1, -0.05) is 24.6 Å². The van der Waals surface area contributed by atoms with E-state index in [1.807, 2.05) is 0 Å². The van der Waals surface area contributed by atoms with Crippen molar-refractivity contribution in [1.82, 2.24) is 4.90 Å². The van der Waals surface area contributed by atoms with Crippen molar-refractivity contribution in [3.8, 4) is 0 Å². The lowest BCUT2D eigenvalue weighted by molar-refractivity contribution is -0.137. The highest BCUT2D eigenvalue weighted by molar-refractivity contribution is 5.85. The van der Waals surface area contributed by atoms with Gasteiger partial charge in [0.2, 0.25) is 0 Å². The van der Waals surface area contributed by atoms with Crippen LogP contribution >= 0.6 is 12.4 Å². The summed E-state index contributed by atoms with van der Waals surface area (Å²) in [5, 5.41) is 8.58. The Balaban J connectivity index is 0.00000220. The number of nitrogens with zero attached hydrogens (tertiary/aromatic N) is 2. The van der Waals surface area contributed by atoms with Crippen LogP contribution in [0.4, 0.5) is 5.69 Å². The summed E-state index contributed by atoms with van der Waals surface area (Å²) in [6, 6.07) is 10.6. The van der Waals surface area contributed by atoms with Gasteiger partial charge < -0.3 is 10.0 Å². The number of rotatable bonds is 7. The van der Waals surface area contributed by atoms with Crippen molar-refractivity contribution >= 4 is 24.1 Å². The maximum Gasteiger partial charge on any atom is 0.303 e. The van der Waals surface area contributed by atoms with Gasteiger partial charge in [-0.05, 0) is 31.5 Å². The molecule has 0 saturated carbocycles. The zero-order valence-electron chi connectivity index (χ0n) is 12.4. The zero-order chi connectivity index (χ0) is 14.2. The average molecular weight is 313 g/mol. The normalized spacial score (nSPS) is 15.5. The second kappa shape index (κ2) is 9.64. The fourth-order valence-corrected chi connectivity index (χ4v) is 2.66. The number of unbranched alkanes of at least 4 members (excludes halogenated alkanes) is 2. The second-order valence-electron chi connectivity index (χ2n) is 5.37. The number of hydrogen-bond donors (Lipinski definition) is 1. The standard InChI is InChI=1S/C16H24N2O2.ClH/c19-16(20)9-5-2-6-10-17-11-13-18(14-12-17)15-7-3-1-4-8-15;/h1,3-4,7-8H,2,5-6,9-14H2,(H,19,20);1H. The average Bonchev–Trinajstić information content (AvgIpc) is 2.48. The number of benzene rings is 1. The van der Waals surface area contributed by atoms with E-state index in [-0.39, 0.29) is 12.4 Å². The van der Waals surface area contributed by atoms with Crippen molar-refractivity contribution in [3.05, 3.63) is 30.3 Å². The molecule has 0 unspecified atom stereocenters. The summed E-state index contributed by atoms with van der Waals surface area (Å²) < 4.78 is 0. The van der Waals surface area contributed by atoms with Crippen LogP contribution in [0, 0.1) is 0 Å². The molecule has 4 nitrogen and oxygen atoms in total. The molecule has 2 rings (SSSR count). The molecule has 21 heavy (non-hydrogen) atoms. The van der Waals surface area contributed by atoms with Crippen LogP contribution in [-0.4, -0.2) is 48.7 Å². The van der Waals surface area contributed by atoms with Crippen LogP contribution in [0.1, 0.15) is 25.7 Å². The van der Waals surface area contributed by atoms with Crippen LogP contribution in [-0.2, 0) is 4.79 Å². The van der Waals surface area contributed by atoms with Gasteiger partial charge in [-0.15, -0.1) is 12.4 Å². The van der Waals surface area contributed by atoms with Gasteiger partial charge in [0.25, 0.3) is 0 Å². The number of hydrogen-bond acceptors (Lipinski definition) is 3. The summed E-state index contributed by atoms with van der Waals surface area (Å²) in [6.45, 7) is 5.47. The number of halogens is 1. The molecule has 1 saturated heterocycles. The van der Waals surface area contributed by atoms with Gasteiger partial charge in [0.05, 0.1) is 0 Å². The van der Waals surface area contributed by atoms with Gasteiger partial charge in [-0.2, -0.15) is 0 Å². The Morgan fingerprint density at radius 3 is 2.29 bits per heavy atom. The number of carboxylic acid groups (broad SMARTS) is 1. The number of para-hydroxylation sites is 1. The number of anilines is 1. The van der Waals surface area contributed by atoms with E-state index >= 15 is 0 Å². The van der Waals surface area contributed by atoms with Crippen LogP contribution in [0.2, 0.25) is 0 Å². The first-order chi connectivity index (χ1) is 9.75. The van der Waals surface area contributed by atoms with E-state index in [2.05, 4.69) is 40.1 Å². The van der Waals surface area contributed by atoms with Crippen LogP contribution in [0.15, 0.2) is 30.3 Å². The van der Waals surface area contributed by atoms with Gasteiger partial charge in [0.1, 0.15) is 0 Å². The quantitative estimate of drug-likeness (QED) is 0.786. The fourth-order valence-electron chi connectivity index (χ4n) is 2.66. The Morgan fingerprint density at radius 1 is 1.00 bits per heavy atom. The topological polar surface area (TPSA) is 43.8 Å². The predicted octanol–water partition coefficient (Wildman–Crippen LogP) is 2.88. The van der Waals surface area contributed by atoms with E-state index in [1.54, 1.807) is 0 Å². The molecule has 1 aromatic rings. The van der Waals surface area contributed by atoms with E-state index in [9.17, 15) is 4.79 Å². The van der Waals surface area contributed by atoms with E-state index < -0.39 is 5.97 Å². The van der Waals surface area contributed by atoms with Crippen molar-refractivity contribution in [2.24, 2.45) is 0 Å². The lowest BCUT2D eigenvalue weighted by atomic mass is 10.1. The fraction of sp³-hybridized carbons (Fsp3) is 0.562. The molecule has 0 atom stereocenters. The molecule has 0 aliphatic carbocycles. The van der Waals surface area contributed by atoms with Crippen molar-refractivity contribution < 1.29 is 9.90 Å². The molecule has 0 amide bonds. The van der Waals surface area contributed by atoms with Crippen molar-refractivity contribution in [2.75, 3.05) is 37.6 Å². The summed E-state index contributed by atoms with van der Waals surface area (Å²) in [4.78, 5) is 15.3. The summed E-state index contributed by atoms with van der Waals surface area (Å²) in [5.74, 6) is -0.679. The minimum absolute atomic E-state index is 0. The molecular weight excluding hydrogens is 288 g/mol. The summed E-state index contributed by atoms with van der Waals surface area (Å²) >= 11 is 0. The summed E-state index contributed by atoms with van der Waals surface area (Å²) in [6.07, 6.45) is 3.24. The minimum atomic E-state index is -0.679. The molecule has 5 heteroatoms. The first kappa shape index (κ1) is 17.8. The Morgan fingerprint density at radius 2 is 1.67 bits per heavy atom. The SMILES string of the molecule is Cl.O=C(O)CCCCCN1CCN(c2ccccc2)CC1. The number of aliphatic carboxylic acids is 1. The molecule has 1 aromatic carbocycles. The van der Waals surface area contributed by atoms with E-state index in [0.29, 0.717) is 6.42 Å². The van der Waals surface area contributed by atoms with E-state index in [4.69, 9.17) is 5.11 Å². The monoisotopic (exact) mass is 312 g/mol. The molecule has 1 heterocycles. The molecule has 0 spiro atoms. The van der Waals surface area contributed by atoms with Gasteiger partial charge in [0.15, 0.2) is 0 Å². The third-order valence-corrected chi connectivity index (χ3v) is 3.86. The largest absolute Gasteiger partial charge is 0.481 e. The van der Waals surface area contributed by atoms with Crippen molar-refractivity contribution in [2.45, 2.75) is 25.7 Å². The first-order valence-corrected chi connectivity index (χ1v) is 7.50. The van der Waals surface area contributed by atoms with Crippen LogP contribution in [0.25, 0.3) is 0 Å². The molecule has 0 bridgehead atoms. The van der Waals surface area contributed by atoms with Crippen molar-refractivity contribution in [1.29, 1.82) is 0 Å². The van der Waals surface area contributed by atoms with Crippen LogP contribution < -0.4 is 4.90 Å². The molecule has 1 aliphatic heterocycles. The maximum absolute atomic E-state index is 10.4. The molecule has 1 aliphatic rings. The molecule has 118 valence electrons. The second-order valence-corrected chi connectivity index (χ2v) is 5.37. The third kappa shape index (κ3) is 6.36. The highest BCUT2D eigenvalue weighted by atomic mass is 35.5. The predicted molar refractivity (Wildman–Crippen MR) is 88.4 cm³/mol. The molecule has 1 fully saturated rings. The minimum Gasteiger partial charge on any atom is -0.481 e. The Kier molecular flexibility index (Phi) is 8.16. The molecule has 0 radical (unpaired) electrons. The smallest absolute Gasteiger partial charge is 0.303 e. The molecule has 0 aromatic heterocycles. The van der Waals surface area contributed by atoms with Gasteiger partial charge in [0, 0.05) is 38.3 Å². The van der Waals surface area contributed by atoms with Crippen molar-refractivity contribution in [3.63, 3.8) is 0 Å². The number of carbonyl (C=O) groups is 1. The lowest BCUT2D eigenvalue weighted by Gasteiger charge is -2.36. The summed E-state index contributed by atoms with van der Waals surface area (Å²) in [7, 11) is 0. The highest BCUT2D eigenvalue weighted by Gasteiger charge is 2.16. The Hall–Kier alpha value is -1.26. The number of carboxylic acids is 1. The van der Waals surface area contributed by atoms with Gasteiger partial charge >= 0.3 is 5.97 Å². The van der Waals surface area contributed by atoms with Crippen LogP contribution in [0.5, 0.6) is 0 Å². The Bertz CT molecular complexity index is 406. The number of piperazine rings is 1.